The zero-order chi connectivity index (χ0) is 11.1. The van der Waals surface area contributed by atoms with Gasteiger partial charge in [-0.3, -0.25) is 4.79 Å². The molecular formula is C14H20O. The van der Waals surface area contributed by atoms with Gasteiger partial charge in [0.05, 0.1) is 0 Å². The van der Waals surface area contributed by atoms with E-state index in [1.165, 1.54) is 31.2 Å². The van der Waals surface area contributed by atoms with E-state index in [4.69, 9.17) is 0 Å². The first kappa shape index (κ1) is 12.0. The van der Waals surface area contributed by atoms with Crippen LogP contribution in [-0.2, 0) is 6.42 Å². The van der Waals surface area contributed by atoms with Crippen LogP contribution < -0.4 is 0 Å². The van der Waals surface area contributed by atoms with Gasteiger partial charge in [0.1, 0.15) is 6.29 Å². The first-order chi connectivity index (χ1) is 7.29. The smallest absolute Gasteiger partial charge is 0.150 e. The Labute approximate surface area is 92.5 Å². The van der Waals surface area contributed by atoms with Crippen LogP contribution in [0.1, 0.15) is 54.1 Å². The second kappa shape index (κ2) is 6.39. The van der Waals surface area contributed by atoms with Crippen molar-refractivity contribution in [1.29, 1.82) is 0 Å². The van der Waals surface area contributed by atoms with Crippen LogP contribution in [0, 0.1) is 6.92 Å². The van der Waals surface area contributed by atoms with Gasteiger partial charge in [-0.25, -0.2) is 0 Å². The Morgan fingerprint density at radius 3 is 2.67 bits per heavy atom. The fourth-order valence-corrected chi connectivity index (χ4v) is 1.84. The number of benzene rings is 1. The number of hydrogen-bond acceptors (Lipinski definition) is 1. The van der Waals surface area contributed by atoms with E-state index >= 15 is 0 Å². The molecule has 0 aliphatic rings. The summed E-state index contributed by atoms with van der Waals surface area (Å²) in [5.74, 6) is 0. The van der Waals surface area contributed by atoms with E-state index in [0.717, 1.165) is 23.8 Å². The maximum Gasteiger partial charge on any atom is 0.150 e. The van der Waals surface area contributed by atoms with Gasteiger partial charge in [-0.05, 0) is 30.9 Å². The standard InChI is InChI=1S/C14H20O/c1-3-4-5-6-8-13-9-7-10-14(11-15)12(13)2/h7,9-11H,3-6,8H2,1-2H3. The molecule has 1 aromatic carbocycles. The number of aryl methyl sites for hydroxylation is 1. The zero-order valence-electron chi connectivity index (χ0n) is 9.75. The second-order valence-corrected chi connectivity index (χ2v) is 4.06. The summed E-state index contributed by atoms with van der Waals surface area (Å²) in [7, 11) is 0. The van der Waals surface area contributed by atoms with E-state index in [9.17, 15) is 4.79 Å². The van der Waals surface area contributed by atoms with Crippen LogP contribution in [0.5, 0.6) is 0 Å². The number of hydrogen-bond donors (Lipinski definition) is 0. The minimum Gasteiger partial charge on any atom is -0.298 e. The van der Waals surface area contributed by atoms with Crippen LogP contribution >= 0.6 is 0 Å². The Balaban J connectivity index is 2.57. The van der Waals surface area contributed by atoms with Crippen LogP contribution in [-0.4, -0.2) is 6.29 Å². The summed E-state index contributed by atoms with van der Waals surface area (Å²) in [4.78, 5) is 10.8. The molecule has 0 N–H and O–H groups in total. The van der Waals surface area contributed by atoms with Crippen molar-refractivity contribution in [3.63, 3.8) is 0 Å². The molecule has 0 radical (unpaired) electrons. The van der Waals surface area contributed by atoms with Crippen LogP contribution in [0.25, 0.3) is 0 Å². The molecule has 0 bridgehead atoms. The molecule has 82 valence electrons. The Bertz CT molecular complexity index is 315. The number of carbonyl (C=O) groups is 1. The minimum atomic E-state index is 0.836. The number of aldehydes is 1. The molecule has 15 heavy (non-hydrogen) atoms. The van der Waals surface area contributed by atoms with E-state index in [-0.39, 0.29) is 0 Å². The largest absolute Gasteiger partial charge is 0.298 e. The lowest BCUT2D eigenvalue weighted by molar-refractivity contribution is 0.112. The number of rotatable bonds is 6. The third kappa shape index (κ3) is 3.50. The third-order valence-electron chi connectivity index (χ3n) is 2.91. The van der Waals surface area contributed by atoms with Crippen LogP contribution in [0.3, 0.4) is 0 Å². The second-order valence-electron chi connectivity index (χ2n) is 4.06. The van der Waals surface area contributed by atoms with Crippen molar-refractivity contribution in [3.05, 3.63) is 34.9 Å². The van der Waals surface area contributed by atoms with Crippen LogP contribution in [0.2, 0.25) is 0 Å². The highest BCUT2D eigenvalue weighted by molar-refractivity contribution is 5.77. The maximum atomic E-state index is 10.8. The lowest BCUT2D eigenvalue weighted by Gasteiger charge is -2.07. The molecule has 0 heterocycles. The minimum absolute atomic E-state index is 0.836. The Morgan fingerprint density at radius 1 is 1.20 bits per heavy atom. The molecule has 0 aliphatic heterocycles. The van der Waals surface area contributed by atoms with Crippen molar-refractivity contribution in [2.75, 3.05) is 0 Å². The van der Waals surface area contributed by atoms with Crippen molar-refractivity contribution in [2.45, 2.75) is 46.0 Å². The summed E-state index contributed by atoms with van der Waals surface area (Å²) in [6, 6.07) is 6.00. The fraction of sp³-hybridized carbons (Fsp3) is 0.500. The summed E-state index contributed by atoms with van der Waals surface area (Å²) >= 11 is 0. The quantitative estimate of drug-likeness (QED) is 0.507. The van der Waals surface area contributed by atoms with Gasteiger partial charge in [-0.1, -0.05) is 44.4 Å². The molecule has 1 heteroatoms. The Morgan fingerprint density at radius 2 is 2.00 bits per heavy atom. The lowest BCUT2D eigenvalue weighted by Crippen LogP contribution is -1.94. The van der Waals surface area contributed by atoms with E-state index < -0.39 is 0 Å². The van der Waals surface area contributed by atoms with Gasteiger partial charge in [0.2, 0.25) is 0 Å². The van der Waals surface area contributed by atoms with Gasteiger partial charge in [0, 0.05) is 5.56 Å². The third-order valence-corrected chi connectivity index (χ3v) is 2.91. The van der Waals surface area contributed by atoms with Crippen molar-refractivity contribution in [1.82, 2.24) is 0 Å². The van der Waals surface area contributed by atoms with Gasteiger partial charge < -0.3 is 0 Å². The molecule has 0 saturated heterocycles. The van der Waals surface area contributed by atoms with Crippen molar-refractivity contribution in [2.24, 2.45) is 0 Å². The van der Waals surface area contributed by atoms with Crippen LogP contribution in [0.15, 0.2) is 18.2 Å². The summed E-state index contributed by atoms with van der Waals surface area (Å²) < 4.78 is 0. The predicted molar refractivity (Wildman–Crippen MR) is 64.4 cm³/mol. The predicted octanol–water partition coefficient (Wildman–Crippen LogP) is 3.93. The average Bonchev–Trinajstić information content (AvgIpc) is 2.26. The number of unbranched alkanes of at least 4 members (excludes halogenated alkanes) is 3. The zero-order valence-corrected chi connectivity index (χ0v) is 9.75. The van der Waals surface area contributed by atoms with E-state index in [1.54, 1.807) is 0 Å². The van der Waals surface area contributed by atoms with E-state index in [0.29, 0.717) is 0 Å². The van der Waals surface area contributed by atoms with Gasteiger partial charge in [0.25, 0.3) is 0 Å². The molecule has 0 spiro atoms. The molecule has 1 aromatic rings. The fourth-order valence-electron chi connectivity index (χ4n) is 1.84. The molecule has 0 fully saturated rings. The van der Waals surface area contributed by atoms with Crippen molar-refractivity contribution < 1.29 is 4.79 Å². The highest BCUT2D eigenvalue weighted by Crippen LogP contribution is 2.15. The highest BCUT2D eigenvalue weighted by Gasteiger charge is 2.02. The summed E-state index contributed by atoms with van der Waals surface area (Å²) in [5.41, 5.74) is 3.32. The monoisotopic (exact) mass is 204 g/mol. The molecule has 1 rings (SSSR count). The average molecular weight is 204 g/mol. The topological polar surface area (TPSA) is 17.1 Å². The van der Waals surface area contributed by atoms with Crippen LogP contribution in [0.4, 0.5) is 0 Å². The Hall–Kier alpha value is -1.11. The lowest BCUT2D eigenvalue weighted by atomic mass is 9.98. The summed E-state index contributed by atoms with van der Waals surface area (Å²) in [6.07, 6.45) is 7.16. The Kier molecular flexibility index (Phi) is 5.09. The first-order valence-corrected chi connectivity index (χ1v) is 5.83. The van der Waals surface area contributed by atoms with Gasteiger partial charge in [-0.15, -0.1) is 0 Å². The molecule has 0 saturated carbocycles. The normalized spacial score (nSPS) is 10.3. The highest BCUT2D eigenvalue weighted by atomic mass is 16.1. The molecule has 0 unspecified atom stereocenters. The summed E-state index contributed by atoms with van der Waals surface area (Å²) in [6.45, 7) is 4.26. The molecular weight excluding hydrogens is 184 g/mol. The SMILES string of the molecule is CCCCCCc1cccc(C=O)c1C. The van der Waals surface area contributed by atoms with E-state index in [1.807, 2.05) is 19.1 Å². The maximum absolute atomic E-state index is 10.8. The summed E-state index contributed by atoms with van der Waals surface area (Å²) in [5, 5.41) is 0. The number of carbonyl (C=O) groups excluding carboxylic acids is 1. The van der Waals surface area contributed by atoms with Crippen molar-refractivity contribution in [3.8, 4) is 0 Å². The molecule has 0 atom stereocenters. The molecule has 0 amide bonds. The van der Waals surface area contributed by atoms with Gasteiger partial charge >= 0.3 is 0 Å². The van der Waals surface area contributed by atoms with Gasteiger partial charge in [0.15, 0.2) is 0 Å². The molecule has 0 aromatic heterocycles. The van der Waals surface area contributed by atoms with Gasteiger partial charge in [-0.2, -0.15) is 0 Å². The molecule has 0 aliphatic carbocycles. The van der Waals surface area contributed by atoms with E-state index in [2.05, 4.69) is 13.0 Å². The first-order valence-electron chi connectivity index (χ1n) is 5.83. The van der Waals surface area contributed by atoms with Crippen molar-refractivity contribution >= 4 is 6.29 Å². The molecule has 1 nitrogen and oxygen atoms in total.